The Kier molecular flexibility index (Phi) is 6.11. The lowest BCUT2D eigenvalue weighted by Gasteiger charge is -2.46. The topological polar surface area (TPSA) is 56.3 Å². The molecule has 1 aliphatic carbocycles. The van der Waals surface area contributed by atoms with Crippen molar-refractivity contribution in [2.75, 3.05) is 20.3 Å². The highest BCUT2D eigenvalue weighted by Crippen LogP contribution is 2.49. The molecule has 2 aromatic heterocycles. The van der Waals surface area contributed by atoms with Crippen molar-refractivity contribution in [3.05, 3.63) is 53.7 Å². The second-order valence-electron chi connectivity index (χ2n) is 8.42. The minimum absolute atomic E-state index is 0.0266. The van der Waals surface area contributed by atoms with Crippen LogP contribution in [0.1, 0.15) is 56.2 Å². The van der Waals surface area contributed by atoms with Crippen molar-refractivity contribution in [1.82, 2.24) is 15.3 Å². The van der Waals surface area contributed by atoms with Gasteiger partial charge in [-0.2, -0.15) is 0 Å². The van der Waals surface area contributed by atoms with E-state index in [9.17, 15) is 4.39 Å². The van der Waals surface area contributed by atoms with Crippen molar-refractivity contribution >= 4 is 0 Å². The molecule has 4 rings (SSSR count). The van der Waals surface area contributed by atoms with Crippen molar-refractivity contribution in [2.24, 2.45) is 0 Å². The van der Waals surface area contributed by atoms with Crippen molar-refractivity contribution in [3.8, 4) is 5.88 Å². The van der Waals surface area contributed by atoms with Crippen molar-refractivity contribution in [3.63, 3.8) is 0 Å². The van der Waals surface area contributed by atoms with E-state index >= 15 is 0 Å². The molecule has 5 nitrogen and oxygen atoms in total. The first-order valence-corrected chi connectivity index (χ1v) is 10.6. The second-order valence-corrected chi connectivity index (χ2v) is 8.42. The number of nitrogens with one attached hydrogen (secondary N) is 1. The first-order chi connectivity index (χ1) is 14.1. The number of nitrogens with zero attached hydrogens (tertiary/aromatic N) is 2. The summed E-state index contributed by atoms with van der Waals surface area (Å²) >= 11 is 0. The summed E-state index contributed by atoms with van der Waals surface area (Å²) in [5.41, 5.74) is 2.04. The molecule has 0 bridgehead atoms. The summed E-state index contributed by atoms with van der Waals surface area (Å²) in [5.74, 6) is -0.392. The standard InChI is InChI=1S/C23H30FN3O2/c1-28-21-19(24)14-18(16-27-21)15-25-12-9-22(20-6-2-5-11-26-20)10-13-29-23(17-22)7-3-4-8-23/h2,5-6,11,14,16,25H,3-4,7-10,12-13,15,17H2,1H3. The van der Waals surface area contributed by atoms with Crippen LogP contribution in [0.4, 0.5) is 4.39 Å². The Balaban J connectivity index is 1.43. The van der Waals surface area contributed by atoms with E-state index in [-0.39, 0.29) is 16.9 Å². The van der Waals surface area contributed by atoms with Gasteiger partial charge in [0.05, 0.1) is 12.7 Å². The third-order valence-corrected chi connectivity index (χ3v) is 6.54. The van der Waals surface area contributed by atoms with Crippen LogP contribution in [-0.2, 0) is 16.7 Å². The Bertz CT molecular complexity index is 811. The zero-order valence-electron chi connectivity index (χ0n) is 17.1. The fourth-order valence-electron chi connectivity index (χ4n) is 5.07. The lowest BCUT2D eigenvalue weighted by Crippen LogP contribution is -2.47. The van der Waals surface area contributed by atoms with Crippen LogP contribution in [0.3, 0.4) is 0 Å². The van der Waals surface area contributed by atoms with Gasteiger partial charge in [0.25, 0.3) is 0 Å². The van der Waals surface area contributed by atoms with E-state index in [1.54, 1.807) is 6.20 Å². The molecule has 156 valence electrons. The molecule has 1 saturated carbocycles. The average molecular weight is 400 g/mol. The van der Waals surface area contributed by atoms with Gasteiger partial charge in [0, 0.05) is 36.7 Å². The molecule has 0 amide bonds. The van der Waals surface area contributed by atoms with Crippen LogP contribution in [0.2, 0.25) is 0 Å². The van der Waals surface area contributed by atoms with Crippen LogP contribution in [-0.4, -0.2) is 35.8 Å². The molecule has 1 spiro atoms. The molecular weight excluding hydrogens is 369 g/mol. The number of rotatable bonds is 7. The van der Waals surface area contributed by atoms with Gasteiger partial charge in [0.15, 0.2) is 5.82 Å². The predicted molar refractivity (Wildman–Crippen MR) is 109 cm³/mol. The van der Waals surface area contributed by atoms with Crippen molar-refractivity contribution in [2.45, 2.75) is 62.5 Å². The van der Waals surface area contributed by atoms with Crippen LogP contribution in [0.5, 0.6) is 5.88 Å². The molecule has 1 N–H and O–H groups in total. The normalized spacial score (nSPS) is 23.4. The number of hydrogen-bond donors (Lipinski definition) is 1. The van der Waals surface area contributed by atoms with Gasteiger partial charge in [-0.05, 0) is 62.4 Å². The maximum absolute atomic E-state index is 13.9. The number of pyridine rings is 2. The number of aromatic nitrogens is 2. The molecule has 3 heterocycles. The van der Waals surface area contributed by atoms with E-state index in [1.807, 2.05) is 12.3 Å². The SMILES string of the molecule is COc1ncc(CNCCC2(c3ccccn3)CCOC3(CCCC3)C2)cc1F. The lowest BCUT2D eigenvalue weighted by atomic mass is 9.68. The van der Waals surface area contributed by atoms with Crippen LogP contribution in [0.25, 0.3) is 0 Å². The minimum atomic E-state index is -0.427. The monoisotopic (exact) mass is 399 g/mol. The summed E-state index contributed by atoms with van der Waals surface area (Å²) in [4.78, 5) is 8.75. The quantitative estimate of drug-likeness (QED) is 0.709. The van der Waals surface area contributed by atoms with E-state index in [0.29, 0.717) is 6.54 Å². The zero-order chi connectivity index (χ0) is 20.2. The van der Waals surface area contributed by atoms with Gasteiger partial charge in [-0.3, -0.25) is 4.98 Å². The Morgan fingerprint density at radius 1 is 1.21 bits per heavy atom. The number of halogens is 1. The van der Waals surface area contributed by atoms with Crippen molar-refractivity contribution < 1.29 is 13.9 Å². The summed E-state index contributed by atoms with van der Waals surface area (Å²) in [6, 6.07) is 7.71. The van der Waals surface area contributed by atoms with Gasteiger partial charge in [-0.25, -0.2) is 9.37 Å². The second kappa shape index (κ2) is 8.76. The van der Waals surface area contributed by atoms with E-state index in [4.69, 9.17) is 14.5 Å². The third-order valence-electron chi connectivity index (χ3n) is 6.54. The molecule has 1 aliphatic heterocycles. The molecule has 0 aromatic carbocycles. The zero-order valence-corrected chi connectivity index (χ0v) is 17.1. The maximum Gasteiger partial charge on any atom is 0.250 e. The predicted octanol–water partition coefficient (Wildman–Crippen LogP) is 4.17. The summed E-state index contributed by atoms with van der Waals surface area (Å²) in [6.07, 6.45) is 11.4. The molecule has 1 atom stereocenters. The molecular formula is C23H30FN3O2. The fourth-order valence-corrected chi connectivity index (χ4v) is 5.07. The van der Waals surface area contributed by atoms with E-state index in [2.05, 4.69) is 22.4 Å². The van der Waals surface area contributed by atoms with Gasteiger partial charge < -0.3 is 14.8 Å². The minimum Gasteiger partial charge on any atom is -0.479 e. The van der Waals surface area contributed by atoms with E-state index < -0.39 is 5.82 Å². The summed E-state index contributed by atoms with van der Waals surface area (Å²) in [7, 11) is 1.42. The van der Waals surface area contributed by atoms with E-state index in [1.165, 1.54) is 31.7 Å². The Morgan fingerprint density at radius 3 is 2.79 bits per heavy atom. The Hall–Kier alpha value is -2.05. The summed E-state index contributed by atoms with van der Waals surface area (Å²) in [6.45, 7) is 2.21. The van der Waals surface area contributed by atoms with Gasteiger partial charge in [0.2, 0.25) is 5.88 Å². The number of methoxy groups -OCH3 is 1. The highest BCUT2D eigenvalue weighted by Gasteiger charge is 2.48. The smallest absolute Gasteiger partial charge is 0.250 e. The molecule has 6 heteroatoms. The van der Waals surface area contributed by atoms with Gasteiger partial charge in [-0.1, -0.05) is 18.9 Å². The van der Waals surface area contributed by atoms with Gasteiger partial charge >= 0.3 is 0 Å². The number of ether oxygens (including phenoxy) is 2. The van der Waals surface area contributed by atoms with Gasteiger partial charge in [-0.15, -0.1) is 0 Å². The lowest BCUT2D eigenvalue weighted by molar-refractivity contribution is -0.104. The largest absolute Gasteiger partial charge is 0.479 e. The van der Waals surface area contributed by atoms with Crippen molar-refractivity contribution in [1.29, 1.82) is 0 Å². The summed E-state index contributed by atoms with van der Waals surface area (Å²) < 4.78 is 25.1. The molecule has 2 aromatic rings. The highest BCUT2D eigenvalue weighted by molar-refractivity contribution is 5.22. The van der Waals surface area contributed by atoms with Gasteiger partial charge in [0.1, 0.15) is 0 Å². The molecule has 1 unspecified atom stereocenters. The van der Waals surface area contributed by atoms with Crippen LogP contribution >= 0.6 is 0 Å². The highest BCUT2D eigenvalue weighted by atomic mass is 19.1. The molecule has 2 aliphatic rings. The Morgan fingerprint density at radius 2 is 2.07 bits per heavy atom. The molecule has 29 heavy (non-hydrogen) atoms. The average Bonchev–Trinajstić information content (AvgIpc) is 3.19. The first-order valence-electron chi connectivity index (χ1n) is 10.6. The van der Waals surface area contributed by atoms with Crippen LogP contribution < -0.4 is 10.1 Å². The molecule has 1 saturated heterocycles. The Labute approximate surface area is 172 Å². The summed E-state index contributed by atoms with van der Waals surface area (Å²) in [5, 5.41) is 3.47. The molecule has 2 fully saturated rings. The van der Waals surface area contributed by atoms with Crippen LogP contribution in [0.15, 0.2) is 36.7 Å². The fraction of sp³-hybridized carbons (Fsp3) is 0.565. The first kappa shape index (κ1) is 20.2. The maximum atomic E-state index is 13.9. The third kappa shape index (κ3) is 4.43. The van der Waals surface area contributed by atoms with Crippen LogP contribution in [0, 0.1) is 5.82 Å². The number of hydrogen-bond acceptors (Lipinski definition) is 5. The van der Waals surface area contributed by atoms with E-state index in [0.717, 1.165) is 50.8 Å². The molecule has 0 radical (unpaired) electrons.